The Balaban J connectivity index is 1.80. The smallest absolute Gasteiger partial charge is 0.250 e. The average molecular weight is 517 g/mol. The maximum Gasteiger partial charge on any atom is 0.250 e. The number of halogens is 3. The zero-order chi connectivity index (χ0) is 18.8. The molecule has 0 atom stereocenters. The van der Waals surface area contributed by atoms with Crippen molar-refractivity contribution in [3.05, 3.63) is 55.4 Å². The number of ether oxygens (including phenoxy) is 1. The number of rotatable bonds is 4. The summed E-state index contributed by atoms with van der Waals surface area (Å²) in [6, 6.07) is 7.52. The molecule has 3 rings (SSSR count). The fourth-order valence-corrected chi connectivity index (χ4v) is 4.86. The van der Waals surface area contributed by atoms with Crippen LogP contribution in [0.25, 0.3) is 16.3 Å². The molecule has 0 fully saturated rings. The predicted octanol–water partition coefficient (Wildman–Crippen LogP) is 6.44. The van der Waals surface area contributed by atoms with Crippen molar-refractivity contribution in [2.45, 2.75) is 6.92 Å². The van der Waals surface area contributed by atoms with Crippen LogP contribution in [0.5, 0.6) is 5.75 Å². The van der Waals surface area contributed by atoms with Crippen molar-refractivity contribution in [3.8, 4) is 5.75 Å². The molecule has 0 radical (unpaired) electrons. The Morgan fingerprint density at radius 2 is 2.08 bits per heavy atom. The standard InChI is InChI=1S/C18H13Br2ClN2O2S/c1-9-5-15-14(8-13(9)21)22-18(26-15)23-16(24)4-3-10-6-11(19)7-12(20)17(10)25-2/h3-8H,1-2H3,(H,22,23,24). The Labute approximate surface area is 176 Å². The highest BCUT2D eigenvalue weighted by Crippen LogP contribution is 2.34. The maximum absolute atomic E-state index is 12.2. The molecule has 0 bridgehead atoms. The van der Waals surface area contributed by atoms with E-state index in [9.17, 15) is 4.79 Å². The van der Waals surface area contributed by atoms with Gasteiger partial charge in [0, 0.05) is 21.1 Å². The summed E-state index contributed by atoms with van der Waals surface area (Å²) in [5, 5.41) is 3.97. The number of aromatic nitrogens is 1. The van der Waals surface area contributed by atoms with Crippen molar-refractivity contribution in [2.75, 3.05) is 12.4 Å². The molecule has 3 aromatic rings. The minimum absolute atomic E-state index is 0.273. The summed E-state index contributed by atoms with van der Waals surface area (Å²) in [4.78, 5) is 16.6. The van der Waals surface area contributed by atoms with Gasteiger partial charge in [0.25, 0.3) is 0 Å². The summed E-state index contributed by atoms with van der Waals surface area (Å²) in [6.45, 7) is 1.94. The molecule has 134 valence electrons. The molecule has 0 spiro atoms. The lowest BCUT2D eigenvalue weighted by molar-refractivity contribution is -0.111. The lowest BCUT2D eigenvalue weighted by Crippen LogP contribution is -2.07. The van der Waals surface area contributed by atoms with Crippen LogP contribution >= 0.6 is 54.8 Å². The molecule has 0 aliphatic heterocycles. The average Bonchev–Trinajstić information content (AvgIpc) is 2.93. The summed E-state index contributed by atoms with van der Waals surface area (Å²) in [5.74, 6) is 0.382. The zero-order valence-electron chi connectivity index (χ0n) is 13.8. The van der Waals surface area contributed by atoms with Crippen LogP contribution in [0.3, 0.4) is 0 Å². The van der Waals surface area contributed by atoms with E-state index in [2.05, 4.69) is 42.2 Å². The van der Waals surface area contributed by atoms with Crippen LogP contribution in [0.15, 0.2) is 39.3 Å². The van der Waals surface area contributed by atoms with E-state index in [0.717, 1.165) is 30.3 Å². The van der Waals surface area contributed by atoms with E-state index in [1.165, 1.54) is 17.4 Å². The van der Waals surface area contributed by atoms with Gasteiger partial charge in [0.1, 0.15) is 5.75 Å². The molecule has 0 unspecified atom stereocenters. The molecule has 1 amide bonds. The highest BCUT2D eigenvalue weighted by atomic mass is 79.9. The van der Waals surface area contributed by atoms with Gasteiger partial charge in [-0.25, -0.2) is 4.98 Å². The first-order valence-electron chi connectivity index (χ1n) is 7.46. The molecule has 4 nitrogen and oxygen atoms in total. The van der Waals surface area contributed by atoms with Gasteiger partial charge in [-0.1, -0.05) is 38.9 Å². The second kappa shape index (κ2) is 8.08. The lowest BCUT2D eigenvalue weighted by Gasteiger charge is -2.08. The molecule has 2 aromatic carbocycles. The molecule has 26 heavy (non-hydrogen) atoms. The van der Waals surface area contributed by atoms with Gasteiger partial charge in [-0.2, -0.15) is 0 Å². The minimum atomic E-state index is -0.273. The van der Waals surface area contributed by atoms with Crippen LogP contribution in [0, 0.1) is 6.92 Å². The number of hydrogen-bond donors (Lipinski definition) is 1. The van der Waals surface area contributed by atoms with Gasteiger partial charge in [0.2, 0.25) is 5.91 Å². The van der Waals surface area contributed by atoms with Gasteiger partial charge in [-0.3, -0.25) is 10.1 Å². The highest BCUT2D eigenvalue weighted by Gasteiger charge is 2.10. The van der Waals surface area contributed by atoms with Crippen LogP contribution in [0.4, 0.5) is 5.13 Å². The number of nitrogens with one attached hydrogen (secondary N) is 1. The first-order chi connectivity index (χ1) is 12.4. The fraction of sp³-hybridized carbons (Fsp3) is 0.111. The van der Waals surface area contributed by atoms with Crippen LogP contribution < -0.4 is 10.1 Å². The Kier molecular flexibility index (Phi) is 6.02. The Bertz CT molecular complexity index is 995. The number of amides is 1. The third-order valence-electron chi connectivity index (χ3n) is 3.55. The number of fused-ring (bicyclic) bond motifs is 1. The normalized spacial score (nSPS) is 11.3. The second-order valence-electron chi connectivity index (χ2n) is 5.42. The molecule has 1 heterocycles. The molecule has 8 heteroatoms. The van der Waals surface area contributed by atoms with Crippen LogP contribution in [0.1, 0.15) is 11.1 Å². The predicted molar refractivity (Wildman–Crippen MR) is 115 cm³/mol. The molecule has 0 aliphatic carbocycles. The summed E-state index contributed by atoms with van der Waals surface area (Å²) in [7, 11) is 1.58. The van der Waals surface area contributed by atoms with E-state index in [0.29, 0.717) is 15.9 Å². The van der Waals surface area contributed by atoms with Crippen molar-refractivity contribution >= 4 is 82.1 Å². The van der Waals surface area contributed by atoms with Crippen molar-refractivity contribution in [1.82, 2.24) is 4.98 Å². The van der Waals surface area contributed by atoms with Crippen LogP contribution in [-0.4, -0.2) is 18.0 Å². The van der Waals surface area contributed by atoms with Gasteiger partial charge in [-0.05, 0) is 58.8 Å². The van der Waals surface area contributed by atoms with Gasteiger partial charge in [0.15, 0.2) is 5.13 Å². The van der Waals surface area contributed by atoms with Gasteiger partial charge in [-0.15, -0.1) is 0 Å². The number of nitrogens with zero attached hydrogens (tertiary/aromatic N) is 1. The Hall–Kier alpha value is -1.41. The second-order valence-corrected chi connectivity index (χ2v) is 8.63. The molecule has 0 aliphatic rings. The first kappa shape index (κ1) is 19.4. The third kappa shape index (κ3) is 4.28. The van der Waals surface area contributed by atoms with Gasteiger partial charge in [0.05, 0.1) is 21.8 Å². The van der Waals surface area contributed by atoms with E-state index in [1.54, 1.807) is 19.3 Å². The van der Waals surface area contributed by atoms with Crippen LogP contribution in [-0.2, 0) is 4.79 Å². The summed E-state index contributed by atoms with van der Waals surface area (Å²) in [6.07, 6.45) is 3.14. The summed E-state index contributed by atoms with van der Waals surface area (Å²) >= 11 is 14.4. The van der Waals surface area contributed by atoms with Crippen LogP contribution in [0.2, 0.25) is 5.02 Å². The van der Waals surface area contributed by atoms with E-state index < -0.39 is 0 Å². The SMILES string of the molecule is COc1c(Br)cc(Br)cc1C=CC(=O)Nc1nc2cc(Cl)c(C)cc2s1. The number of aryl methyl sites for hydroxylation is 1. The summed E-state index contributed by atoms with van der Waals surface area (Å²) in [5.41, 5.74) is 2.52. The molecular weight excluding hydrogens is 504 g/mol. The number of thiazole rings is 1. The summed E-state index contributed by atoms with van der Waals surface area (Å²) < 4.78 is 8.02. The molecule has 0 saturated carbocycles. The lowest BCUT2D eigenvalue weighted by atomic mass is 10.2. The monoisotopic (exact) mass is 514 g/mol. The molecule has 0 saturated heterocycles. The van der Waals surface area contributed by atoms with Crippen molar-refractivity contribution in [3.63, 3.8) is 0 Å². The minimum Gasteiger partial charge on any atom is -0.495 e. The van der Waals surface area contributed by atoms with E-state index in [1.807, 2.05) is 25.1 Å². The molecule has 1 N–H and O–H groups in total. The van der Waals surface area contributed by atoms with Gasteiger partial charge < -0.3 is 4.74 Å². The third-order valence-corrected chi connectivity index (χ3v) is 5.94. The number of carbonyl (C=O) groups is 1. The van der Waals surface area contributed by atoms with Crippen molar-refractivity contribution < 1.29 is 9.53 Å². The number of hydrogen-bond acceptors (Lipinski definition) is 4. The number of methoxy groups -OCH3 is 1. The first-order valence-corrected chi connectivity index (χ1v) is 10.2. The Morgan fingerprint density at radius 3 is 2.81 bits per heavy atom. The number of carbonyl (C=O) groups excluding carboxylic acids is 1. The molecular formula is C18H13Br2ClN2O2S. The van der Waals surface area contributed by atoms with E-state index in [4.69, 9.17) is 16.3 Å². The van der Waals surface area contributed by atoms with Crippen molar-refractivity contribution in [1.29, 1.82) is 0 Å². The largest absolute Gasteiger partial charge is 0.495 e. The zero-order valence-corrected chi connectivity index (χ0v) is 18.5. The quantitative estimate of drug-likeness (QED) is 0.406. The topological polar surface area (TPSA) is 51.2 Å². The number of anilines is 1. The Morgan fingerprint density at radius 1 is 1.31 bits per heavy atom. The molecule has 1 aromatic heterocycles. The highest BCUT2D eigenvalue weighted by molar-refractivity contribution is 9.11. The number of benzene rings is 2. The van der Waals surface area contributed by atoms with Crippen molar-refractivity contribution in [2.24, 2.45) is 0 Å². The van der Waals surface area contributed by atoms with E-state index in [-0.39, 0.29) is 5.91 Å². The van der Waals surface area contributed by atoms with Gasteiger partial charge >= 0.3 is 0 Å². The maximum atomic E-state index is 12.2. The van der Waals surface area contributed by atoms with E-state index >= 15 is 0 Å². The fourth-order valence-electron chi connectivity index (χ4n) is 2.34.